The smallest absolute Gasteiger partial charge is 0.270 e. The summed E-state index contributed by atoms with van der Waals surface area (Å²) in [4.78, 5) is 28.5. The molecule has 5 aromatic rings. The van der Waals surface area contributed by atoms with Gasteiger partial charge in [-0.3, -0.25) is 13.9 Å². The number of benzene rings is 3. The second kappa shape index (κ2) is 11.3. The van der Waals surface area contributed by atoms with Gasteiger partial charge in [0.1, 0.15) is 34.8 Å². The molecule has 3 heterocycles. The molecule has 1 aliphatic rings. The number of halogens is 2. The van der Waals surface area contributed by atoms with Crippen LogP contribution in [0.3, 0.4) is 0 Å². The van der Waals surface area contributed by atoms with E-state index in [1.54, 1.807) is 34.7 Å². The lowest BCUT2D eigenvalue weighted by atomic mass is 9.99. The van der Waals surface area contributed by atoms with Crippen molar-refractivity contribution in [2.24, 2.45) is 7.05 Å². The minimum atomic E-state index is -3.77. The van der Waals surface area contributed by atoms with Crippen LogP contribution in [0.25, 0.3) is 33.2 Å². The van der Waals surface area contributed by atoms with Gasteiger partial charge in [0.15, 0.2) is 0 Å². The van der Waals surface area contributed by atoms with Crippen LogP contribution in [0, 0.1) is 11.6 Å². The van der Waals surface area contributed by atoms with E-state index in [4.69, 9.17) is 9.15 Å². The van der Waals surface area contributed by atoms with Gasteiger partial charge in [-0.15, -0.1) is 0 Å². The average Bonchev–Trinajstić information content (AvgIpc) is 3.57. The summed E-state index contributed by atoms with van der Waals surface area (Å²) in [5.41, 5.74) is 2.36. The summed E-state index contributed by atoms with van der Waals surface area (Å²) in [6.45, 7) is 0.447. The number of amides is 2. The van der Waals surface area contributed by atoms with E-state index in [0.717, 1.165) is 10.6 Å². The van der Waals surface area contributed by atoms with Gasteiger partial charge in [-0.05, 0) is 48.5 Å². The summed E-state index contributed by atoms with van der Waals surface area (Å²) in [7, 11) is 0.779. The Bertz CT molecular complexity index is 2090. The zero-order valence-electron chi connectivity index (χ0n) is 24.9. The van der Waals surface area contributed by atoms with E-state index >= 15 is 0 Å². The summed E-state index contributed by atoms with van der Waals surface area (Å²) >= 11 is 0. The van der Waals surface area contributed by atoms with Crippen LogP contribution < -0.4 is 9.62 Å². The third-order valence-electron chi connectivity index (χ3n) is 8.19. The molecule has 2 amide bonds. The number of rotatable bonds is 6. The molecule has 0 saturated carbocycles. The zero-order valence-corrected chi connectivity index (χ0v) is 25.7. The highest BCUT2D eigenvalue weighted by Crippen LogP contribution is 2.41. The van der Waals surface area contributed by atoms with Crippen molar-refractivity contribution in [2.75, 3.05) is 44.4 Å². The second-order valence-corrected chi connectivity index (χ2v) is 12.9. The van der Waals surface area contributed by atoms with Crippen LogP contribution >= 0.6 is 0 Å². The second-order valence-electron chi connectivity index (χ2n) is 10.9. The van der Waals surface area contributed by atoms with Gasteiger partial charge in [0.2, 0.25) is 10.0 Å². The summed E-state index contributed by atoms with van der Waals surface area (Å²) in [5, 5.41) is 3.32. The van der Waals surface area contributed by atoms with Crippen molar-refractivity contribution in [3.8, 4) is 11.3 Å². The van der Waals surface area contributed by atoms with Gasteiger partial charge in [0, 0.05) is 55.7 Å². The van der Waals surface area contributed by atoms with Gasteiger partial charge in [0.05, 0.1) is 36.2 Å². The number of carbonyl (C=O) groups excluding carboxylic acids is 2. The lowest BCUT2D eigenvalue weighted by Gasteiger charge is -2.35. The van der Waals surface area contributed by atoms with Crippen LogP contribution in [0.5, 0.6) is 0 Å². The predicted molar refractivity (Wildman–Crippen MR) is 166 cm³/mol. The summed E-state index contributed by atoms with van der Waals surface area (Å²) in [6, 6.07) is 14.8. The number of nitrogens with one attached hydrogen (secondary N) is 1. The zero-order chi connectivity index (χ0) is 32.2. The highest BCUT2D eigenvalue weighted by Gasteiger charge is 2.33. The molecule has 1 N–H and O–H groups in total. The number of anilines is 1. The van der Waals surface area contributed by atoms with Crippen LogP contribution in [0.15, 0.2) is 65.1 Å². The molecular weight excluding hydrogens is 606 g/mol. The lowest BCUT2D eigenvalue weighted by molar-refractivity contribution is -0.0228. The van der Waals surface area contributed by atoms with Crippen LogP contribution in [-0.2, 0) is 21.8 Å². The number of morpholine rings is 1. The standard InChI is InChI=1S/C32H30F2N4O6S/c1-35-31(39)29-22-14-21(25(37(3)45(4,41)42)16-27(22)44-30(29)18-8-10-19(33)11-9-18)28-17-38(12-13-43-28)32(40)26-15-20-23(34)6-5-7-24(20)36(26)2/h5-11,14-16,28H,12-13,17H2,1-4H3,(H,35,39). The van der Waals surface area contributed by atoms with E-state index < -0.39 is 33.7 Å². The Balaban J connectivity index is 1.47. The van der Waals surface area contributed by atoms with E-state index in [9.17, 15) is 26.8 Å². The SMILES string of the molecule is CNC(=O)c1c(-c2ccc(F)cc2)oc2cc(N(C)S(C)(=O)=O)c(C3CN(C(=O)c4cc5c(F)cccc5n4C)CCO3)cc12. The van der Waals surface area contributed by atoms with E-state index in [0.29, 0.717) is 33.1 Å². The summed E-state index contributed by atoms with van der Waals surface area (Å²) in [5.74, 6) is -1.52. The molecule has 2 aromatic heterocycles. The maximum Gasteiger partial charge on any atom is 0.270 e. The molecule has 1 saturated heterocycles. The van der Waals surface area contributed by atoms with Gasteiger partial charge in [-0.1, -0.05) is 6.07 Å². The quantitative estimate of drug-likeness (QED) is 0.286. The molecular formula is C32H30F2N4O6S. The number of hydrogen-bond acceptors (Lipinski definition) is 6. The molecule has 1 aliphatic heterocycles. The van der Waals surface area contributed by atoms with E-state index in [-0.39, 0.29) is 48.2 Å². The molecule has 10 nitrogen and oxygen atoms in total. The highest BCUT2D eigenvalue weighted by atomic mass is 32.2. The molecule has 0 aliphatic carbocycles. The molecule has 6 rings (SSSR count). The normalized spacial score (nSPS) is 15.5. The topological polar surface area (TPSA) is 114 Å². The molecule has 1 fully saturated rings. The van der Waals surface area contributed by atoms with Gasteiger partial charge in [-0.25, -0.2) is 17.2 Å². The number of furan rings is 1. The van der Waals surface area contributed by atoms with Crippen molar-refractivity contribution in [3.63, 3.8) is 0 Å². The van der Waals surface area contributed by atoms with Crippen molar-refractivity contribution in [1.29, 1.82) is 0 Å². The van der Waals surface area contributed by atoms with Crippen molar-refractivity contribution in [2.45, 2.75) is 6.10 Å². The van der Waals surface area contributed by atoms with Gasteiger partial charge >= 0.3 is 0 Å². The molecule has 3 aromatic carbocycles. The van der Waals surface area contributed by atoms with Crippen LogP contribution in [-0.4, -0.2) is 69.7 Å². The molecule has 1 atom stereocenters. The Labute approximate surface area is 257 Å². The Morgan fingerprint density at radius 1 is 1.04 bits per heavy atom. The summed E-state index contributed by atoms with van der Waals surface area (Å²) in [6.07, 6.45) is 0.263. The number of ether oxygens (including phenoxy) is 1. The Hall–Kier alpha value is -4.75. The number of fused-ring (bicyclic) bond motifs is 2. The van der Waals surface area contributed by atoms with E-state index in [2.05, 4.69) is 5.32 Å². The third-order valence-corrected chi connectivity index (χ3v) is 9.38. The maximum absolute atomic E-state index is 14.5. The fourth-order valence-electron chi connectivity index (χ4n) is 5.73. The molecule has 0 radical (unpaired) electrons. The van der Waals surface area contributed by atoms with Crippen molar-refractivity contribution in [3.05, 3.63) is 89.1 Å². The van der Waals surface area contributed by atoms with Gasteiger partial charge < -0.3 is 23.9 Å². The number of aromatic nitrogens is 1. The number of aryl methyl sites for hydroxylation is 1. The van der Waals surface area contributed by atoms with Crippen LogP contribution in [0.1, 0.15) is 32.5 Å². The fraction of sp³-hybridized carbons (Fsp3) is 0.250. The van der Waals surface area contributed by atoms with Gasteiger partial charge in [0.25, 0.3) is 11.8 Å². The molecule has 0 bridgehead atoms. The first-order valence-corrected chi connectivity index (χ1v) is 15.9. The lowest BCUT2D eigenvalue weighted by Crippen LogP contribution is -2.43. The van der Waals surface area contributed by atoms with Crippen molar-refractivity contribution >= 4 is 49.4 Å². The number of nitrogens with zero attached hydrogens (tertiary/aromatic N) is 3. The van der Waals surface area contributed by atoms with Crippen LogP contribution in [0.2, 0.25) is 0 Å². The molecule has 45 heavy (non-hydrogen) atoms. The number of carbonyl (C=O) groups is 2. The van der Waals surface area contributed by atoms with Crippen LogP contribution in [0.4, 0.5) is 14.5 Å². The van der Waals surface area contributed by atoms with E-state index in [1.165, 1.54) is 56.6 Å². The molecule has 1 unspecified atom stereocenters. The van der Waals surface area contributed by atoms with E-state index in [1.807, 2.05) is 0 Å². The molecule has 234 valence electrons. The largest absolute Gasteiger partial charge is 0.455 e. The summed E-state index contributed by atoms with van der Waals surface area (Å²) < 4.78 is 68.6. The Morgan fingerprint density at radius 2 is 1.78 bits per heavy atom. The molecule has 0 spiro atoms. The average molecular weight is 637 g/mol. The first-order valence-electron chi connectivity index (χ1n) is 14.1. The minimum Gasteiger partial charge on any atom is -0.455 e. The van der Waals surface area contributed by atoms with Crippen molar-refractivity contribution < 1.29 is 35.9 Å². The maximum atomic E-state index is 14.5. The highest BCUT2D eigenvalue weighted by molar-refractivity contribution is 7.92. The number of sulfonamides is 1. The van der Waals surface area contributed by atoms with Gasteiger partial charge in [-0.2, -0.15) is 0 Å². The third kappa shape index (κ3) is 5.31. The first-order chi connectivity index (χ1) is 21.4. The van der Waals surface area contributed by atoms with Crippen molar-refractivity contribution in [1.82, 2.24) is 14.8 Å². The first kappa shape index (κ1) is 30.3. The Kier molecular flexibility index (Phi) is 7.61. The monoisotopic (exact) mass is 636 g/mol. The number of hydrogen-bond donors (Lipinski definition) is 1. The molecule has 13 heteroatoms. The predicted octanol–water partition coefficient (Wildman–Crippen LogP) is 4.84. The minimum absolute atomic E-state index is 0.0525. The Morgan fingerprint density at radius 3 is 2.44 bits per heavy atom. The fourth-order valence-corrected chi connectivity index (χ4v) is 6.24.